The van der Waals surface area contributed by atoms with E-state index in [1.165, 1.54) is 12.1 Å². The van der Waals surface area contributed by atoms with Crippen molar-refractivity contribution in [1.29, 1.82) is 5.26 Å². The first kappa shape index (κ1) is 15.2. The highest BCUT2D eigenvalue weighted by atomic mass is 127. The van der Waals surface area contributed by atoms with Crippen LogP contribution in [0.25, 0.3) is 0 Å². The summed E-state index contributed by atoms with van der Waals surface area (Å²) in [6, 6.07) is 11.1. The Morgan fingerprint density at radius 2 is 2.00 bits per heavy atom. The molecule has 0 bridgehead atoms. The zero-order valence-corrected chi connectivity index (χ0v) is 12.8. The molecule has 0 aliphatic rings. The van der Waals surface area contributed by atoms with Crippen molar-refractivity contribution in [2.24, 2.45) is 0 Å². The van der Waals surface area contributed by atoms with Crippen molar-refractivity contribution in [3.05, 3.63) is 61.2 Å². The predicted molar refractivity (Wildman–Crippen MR) is 83.0 cm³/mol. The van der Waals surface area contributed by atoms with Gasteiger partial charge in [-0.2, -0.15) is 5.26 Å². The first-order valence-electron chi connectivity index (χ1n) is 5.81. The molecule has 7 heteroatoms. The second-order valence-corrected chi connectivity index (χ2v) is 5.24. The minimum absolute atomic E-state index is 0.0885. The Balaban J connectivity index is 2.43. The van der Waals surface area contributed by atoms with Crippen molar-refractivity contribution in [3.63, 3.8) is 0 Å². The van der Waals surface area contributed by atoms with Gasteiger partial charge in [0.1, 0.15) is 5.75 Å². The summed E-state index contributed by atoms with van der Waals surface area (Å²) in [5.41, 5.74) is 0.658. The molecule has 106 valence electrons. The summed E-state index contributed by atoms with van der Waals surface area (Å²) >= 11 is 1.89. The van der Waals surface area contributed by atoms with Gasteiger partial charge in [-0.05, 0) is 46.4 Å². The van der Waals surface area contributed by atoms with Crippen molar-refractivity contribution < 1.29 is 14.8 Å². The summed E-state index contributed by atoms with van der Waals surface area (Å²) in [5, 5.41) is 29.0. The third-order valence-electron chi connectivity index (χ3n) is 2.68. The van der Waals surface area contributed by atoms with Crippen LogP contribution in [0.15, 0.2) is 36.4 Å². The molecule has 21 heavy (non-hydrogen) atoms. The number of nitriles is 1. The summed E-state index contributed by atoms with van der Waals surface area (Å²) in [7, 11) is 0. The smallest absolute Gasteiger partial charge is 0.314 e. The average molecular weight is 396 g/mol. The zero-order chi connectivity index (χ0) is 15.4. The number of aliphatic hydroxyl groups is 1. The molecule has 0 spiro atoms. The molecule has 1 N–H and O–H groups in total. The molecule has 2 aromatic carbocycles. The summed E-state index contributed by atoms with van der Waals surface area (Å²) in [6.45, 7) is -0.0885. The molecular formula is C14H9IN2O4. The molecule has 6 nitrogen and oxygen atoms in total. The van der Waals surface area contributed by atoms with Crippen LogP contribution in [0.4, 0.5) is 5.69 Å². The second-order valence-electron chi connectivity index (χ2n) is 4.08. The number of nitrogens with zero attached hydrogens (tertiary/aromatic N) is 2. The van der Waals surface area contributed by atoms with E-state index in [2.05, 4.69) is 0 Å². The van der Waals surface area contributed by atoms with Crippen LogP contribution in [0.5, 0.6) is 11.5 Å². The molecule has 0 radical (unpaired) electrons. The highest BCUT2D eigenvalue weighted by Crippen LogP contribution is 2.36. The highest BCUT2D eigenvalue weighted by Gasteiger charge is 2.21. The number of nitro benzene ring substituents is 1. The van der Waals surface area contributed by atoms with Gasteiger partial charge in [0, 0.05) is 6.07 Å². The maximum absolute atomic E-state index is 11.1. The first-order valence-corrected chi connectivity index (χ1v) is 6.88. The lowest BCUT2D eigenvalue weighted by Crippen LogP contribution is -1.97. The predicted octanol–water partition coefficient (Wildman–Crippen LogP) is 3.36. The molecule has 0 heterocycles. The number of ether oxygens (including phenoxy) is 1. The van der Waals surface area contributed by atoms with Gasteiger partial charge in [-0.1, -0.05) is 12.1 Å². The van der Waals surface area contributed by atoms with Crippen LogP contribution < -0.4 is 4.74 Å². The van der Waals surface area contributed by atoms with Crippen molar-refractivity contribution >= 4 is 28.3 Å². The van der Waals surface area contributed by atoms with Crippen molar-refractivity contribution in [3.8, 4) is 17.6 Å². The molecule has 0 aliphatic heterocycles. The van der Waals surface area contributed by atoms with Gasteiger partial charge < -0.3 is 9.84 Å². The molecule has 2 rings (SSSR count). The Labute approximate surface area is 133 Å². The Morgan fingerprint density at radius 3 is 2.52 bits per heavy atom. The lowest BCUT2D eigenvalue weighted by atomic mass is 10.2. The van der Waals surface area contributed by atoms with Gasteiger partial charge in [0.15, 0.2) is 0 Å². The molecule has 0 atom stereocenters. The largest absolute Gasteiger partial charge is 0.449 e. The van der Waals surface area contributed by atoms with Gasteiger partial charge in [-0.3, -0.25) is 10.1 Å². The molecule has 0 aliphatic carbocycles. The van der Waals surface area contributed by atoms with E-state index < -0.39 is 4.92 Å². The fraction of sp³-hybridized carbons (Fsp3) is 0.0714. The van der Waals surface area contributed by atoms with E-state index in [4.69, 9.17) is 15.1 Å². The van der Waals surface area contributed by atoms with Crippen LogP contribution in [0, 0.1) is 25.0 Å². The van der Waals surface area contributed by atoms with Gasteiger partial charge in [0.2, 0.25) is 5.75 Å². The quantitative estimate of drug-likeness (QED) is 0.486. The van der Waals surface area contributed by atoms with Crippen LogP contribution >= 0.6 is 22.6 Å². The highest BCUT2D eigenvalue weighted by molar-refractivity contribution is 14.1. The number of nitro groups is 1. The molecule has 0 saturated carbocycles. The third kappa shape index (κ3) is 3.48. The Morgan fingerprint density at radius 1 is 1.33 bits per heavy atom. The average Bonchev–Trinajstić information content (AvgIpc) is 2.49. The molecular weight excluding hydrogens is 387 g/mol. The normalized spacial score (nSPS) is 9.95. The number of aliphatic hydroxyl groups excluding tert-OH is 1. The van der Waals surface area contributed by atoms with Crippen LogP contribution in [-0.4, -0.2) is 10.0 Å². The zero-order valence-electron chi connectivity index (χ0n) is 10.6. The summed E-state index contributed by atoms with van der Waals surface area (Å²) in [5.74, 6) is 0.509. The van der Waals surface area contributed by atoms with Gasteiger partial charge in [0.05, 0.1) is 26.7 Å². The number of halogens is 1. The summed E-state index contributed by atoms with van der Waals surface area (Å²) < 4.78 is 6.04. The maximum atomic E-state index is 11.1. The van der Waals surface area contributed by atoms with Crippen LogP contribution in [0.2, 0.25) is 0 Å². The number of benzene rings is 2. The van der Waals surface area contributed by atoms with E-state index in [9.17, 15) is 10.1 Å². The van der Waals surface area contributed by atoms with E-state index in [0.29, 0.717) is 14.9 Å². The number of rotatable bonds is 4. The molecule has 0 aromatic heterocycles. The number of hydrogen-bond acceptors (Lipinski definition) is 5. The van der Waals surface area contributed by atoms with Crippen LogP contribution in [-0.2, 0) is 6.61 Å². The van der Waals surface area contributed by atoms with E-state index >= 15 is 0 Å². The maximum Gasteiger partial charge on any atom is 0.314 e. The fourth-order valence-corrected chi connectivity index (χ4v) is 2.38. The molecule has 0 amide bonds. The van der Waals surface area contributed by atoms with Gasteiger partial charge in [0.25, 0.3) is 0 Å². The van der Waals surface area contributed by atoms with Crippen LogP contribution in [0.3, 0.4) is 0 Å². The Hall–Kier alpha value is -2.18. The molecule has 2 aromatic rings. The minimum atomic E-state index is -0.583. The van der Waals surface area contributed by atoms with E-state index in [-0.39, 0.29) is 23.6 Å². The van der Waals surface area contributed by atoms with E-state index in [1.54, 1.807) is 24.3 Å². The van der Waals surface area contributed by atoms with Gasteiger partial charge >= 0.3 is 5.69 Å². The Bertz CT molecular complexity index is 723. The number of hydrogen-bond donors (Lipinski definition) is 1. The fourth-order valence-electron chi connectivity index (χ4n) is 1.66. The minimum Gasteiger partial charge on any atom is -0.449 e. The monoisotopic (exact) mass is 396 g/mol. The second kappa shape index (κ2) is 6.51. The third-order valence-corrected chi connectivity index (χ3v) is 3.48. The lowest BCUT2D eigenvalue weighted by Gasteiger charge is -2.09. The summed E-state index contributed by atoms with van der Waals surface area (Å²) in [4.78, 5) is 10.5. The van der Waals surface area contributed by atoms with Gasteiger partial charge in [-0.15, -0.1) is 0 Å². The van der Waals surface area contributed by atoms with Crippen LogP contribution in [0.1, 0.15) is 11.1 Å². The Kier molecular flexibility index (Phi) is 4.72. The SMILES string of the molecule is N#Cc1cc(I)c(Oc2ccc(CO)cc2)c([N+](=O)[O-])c1. The van der Waals surface area contributed by atoms with Gasteiger partial charge in [-0.25, -0.2) is 0 Å². The van der Waals surface area contributed by atoms with E-state index in [1.807, 2.05) is 28.7 Å². The topological polar surface area (TPSA) is 96.4 Å². The summed E-state index contributed by atoms with van der Waals surface area (Å²) in [6.07, 6.45) is 0. The van der Waals surface area contributed by atoms with Crippen molar-refractivity contribution in [2.45, 2.75) is 6.61 Å². The first-order chi connectivity index (χ1) is 10.0. The lowest BCUT2D eigenvalue weighted by molar-refractivity contribution is -0.385. The molecule has 0 saturated heterocycles. The van der Waals surface area contributed by atoms with E-state index in [0.717, 1.165) is 0 Å². The molecule has 0 unspecified atom stereocenters. The standard InChI is InChI=1S/C14H9IN2O4/c15-12-5-10(7-16)6-13(17(19)20)14(12)21-11-3-1-9(8-18)2-4-11/h1-6,18H,8H2. The molecule has 0 fully saturated rings. The van der Waals surface area contributed by atoms with Crippen molar-refractivity contribution in [2.75, 3.05) is 0 Å². The van der Waals surface area contributed by atoms with Crippen molar-refractivity contribution in [1.82, 2.24) is 0 Å².